The fourth-order valence-electron chi connectivity index (χ4n) is 4.85. The zero-order valence-electron chi connectivity index (χ0n) is 18.9. The summed E-state index contributed by atoms with van der Waals surface area (Å²) in [7, 11) is 1.16. The van der Waals surface area contributed by atoms with Crippen molar-refractivity contribution in [1.29, 1.82) is 0 Å². The first-order chi connectivity index (χ1) is 16.4. The number of hydrogen-bond acceptors (Lipinski definition) is 4. The third-order valence-electron chi connectivity index (χ3n) is 6.55. The molecule has 0 spiro atoms. The van der Waals surface area contributed by atoms with E-state index in [1.165, 1.54) is 24.4 Å². The Kier molecular flexibility index (Phi) is 7.26. The number of alkyl halides is 6. The molecule has 2 aliphatic rings. The van der Waals surface area contributed by atoms with E-state index in [2.05, 4.69) is 10.3 Å². The Hall–Kier alpha value is -2.43. The van der Waals surface area contributed by atoms with Gasteiger partial charge in [-0.3, -0.25) is 9.78 Å². The van der Waals surface area contributed by atoms with Gasteiger partial charge in [0.2, 0.25) is 5.91 Å². The van der Waals surface area contributed by atoms with Crippen LogP contribution in [0.15, 0.2) is 36.5 Å². The lowest BCUT2D eigenvalue weighted by Gasteiger charge is -2.33. The van der Waals surface area contributed by atoms with Gasteiger partial charge in [-0.05, 0) is 66.5 Å². The van der Waals surface area contributed by atoms with Crippen molar-refractivity contribution in [3.05, 3.63) is 58.9 Å². The molecule has 4 nitrogen and oxygen atoms in total. The Labute approximate surface area is 203 Å². The molecule has 35 heavy (non-hydrogen) atoms. The number of carbonyl (C=O) groups is 1. The van der Waals surface area contributed by atoms with Gasteiger partial charge in [0, 0.05) is 19.0 Å². The third kappa shape index (κ3) is 5.70. The number of thioether (sulfide) groups is 1. The molecule has 2 aromatic rings. The van der Waals surface area contributed by atoms with Crippen molar-refractivity contribution in [1.82, 2.24) is 9.88 Å². The minimum atomic E-state index is -4.71. The molecule has 1 saturated heterocycles. The number of benzene rings is 1. The Morgan fingerprint density at radius 3 is 2.40 bits per heavy atom. The van der Waals surface area contributed by atoms with Crippen LogP contribution in [0.3, 0.4) is 0 Å². The van der Waals surface area contributed by atoms with Gasteiger partial charge in [-0.2, -0.15) is 38.1 Å². The van der Waals surface area contributed by atoms with E-state index in [1.807, 2.05) is 0 Å². The first kappa shape index (κ1) is 25.7. The predicted octanol–water partition coefficient (Wildman–Crippen LogP) is 5.88. The van der Waals surface area contributed by atoms with Gasteiger partial charge in [-0.1, -0.05) is 12.1 Å². The number of rotatable bonds is 5. The van der Waals surface area contributed by atoms with Crippen LogP contribution in [0, 0.1) is 5.92 Å². The van der Waals surface area contributed by atoms with Crippen molar-refractivity contribution in [3.8, 4) is 0 Å². The molecule has 4 rings (SSSR count). The standard InChI is InChI=1S/C24H25F6N3OS/c1-33(22(34)14-7-9-35-10-8-14)21(24(28,29)30)20-6-5-16(13-31-20)32-17-11-15-3-2-4-19(18(15)12-17)23(25,26)27/h2-6,13-14,17,21,32H,7-12H2,1H3. The van der Waals surface area contributed by atoms with Crippen LogP contribution in [0.4, 0.5) is 32.0 Å². The summed E-state index contributed by atoms with van der Waals surface area (Å²) >= 11 is 1.68. The molecular weight excluding hydrogens is 492 g/mol. The van der Waals surface area contributed by atoms with Gasteiger partial charge in [0.1, 0.15) is 0 Å². The summed E-state index contributed by atoms with van der Waals surface area (Å²) in [5.41, 5.74) is 0.267. The van der Waals surface area contributed by atoms with E-state index < -0.39 is 35.8 Å². The van der Waals surface area contributed by atoms with Gasteiger partial charge >= 0.3 is 12.4 Å². The number of pyridine rings is 1. The lowest BCUT2D eigenvalue weighted by atomic mass is 9.99. The molecule has 1 N–H and O–H groups in total. The van der Waals surface area contributed by atoms with E-state index in [-0.39, 0.29) is 23.7 Å². The number of hydrogen-bond donors (Lipinski definition) is 1. The fourth-order valence-corrected chi connectivity index (χ4v) is 5.96. The zero-order valence-corrected chi connectivity index (χ0v) is 19.7. The summed E-state index contributed by atoms with van der Waals surface area (Å²) in [6.07, 6.45) is -6.31. The van der Waals surface area contributed by atoms with Crippen molar-refractivity contribution < 1.29 is 31.1 Å². The average Bonchev–Trinajstić information content (AvgIpc) is 3.21. The molecule has 1 aliphatic carbocycles. The Morgan fingerprint density at radius 2 is 1.80 bits per heavy atom. The second-order valence-corrected chi connectivity index (χ2v) is 10.2. The number of carbonyl (C=O) groups excluding carboxylic acids is 1. The molecule has 1 aliphatic heterocycles. The molecule has 1 aromatic carbocycles. The second-order valence-electron chi connectivity index (χ2n) is 8.94. The molecule has 190 valence electrons. The lowest BCUT2D eigenvalue weighted by molar-refractivity contribution is -0.191. The molecule has 1 fully saturated rings. The van der Waals surface area contributed by atoms with Crippen LogP contribution >= 0.6 is 11.8 Å². The fraction of sp³-hybridized carbons (Fsp3) is 0.500. The molecule has 2 heterocycles. The zero-order chi connectivity index (χ0) is 25.4. The smallest absolute Gasteiger partial charge is 0.380 e. The lowest BCUT2D eigenvalue weighted by Crippen LogP contribution is -2.43. The summed E-state index contributed by atoms with van der Waals surface area (Å²) in [6, 6.07) is 4.20. The molecule has 0 radical (unpaired) electrons. The van der Waals surface area contributed by atoms with Crippen LogP contribution in [0.2, 0.25) is 0 Å². The van der Waals surface area contributed by atoms with Crippen LogP contribution in [-0.2, 0) is 23.8 Å². The second kappa shape index (κ2) is 9.91. The Morgan fingerprint density at radius 1 is 1.09 bits per heavy atom. The number of aromatic nitrogens is 1. The monoisotopic (exact) mass is 517 g/mol. The van der Waals surface area contributed by atoms with Crippen LogP contribution in [0.25, 0.3) is 0 Å². The van der Waals surface area contributed by atoms with Crippen molar-refractivity contribution >= 4 is 23.4 Å². The topological polar surface area (TPSA) is 45.2 Å². The number of nitrogens with zero attached hydrogens (tertiary/aromatic N) is 2. The van der Waals surface area contributed by atoms with E-state index in [4.69, 9.17) is 0 Å². The van der Waals surface area contributed by atoms with Crippen molar-refractivity contribution in [3.63, 3.8) is 0 Å². The largest absolute Gasteiger partial charge is 0.416 e. The van der Waals surface area contributed by atoms with Crippen molar-refractivity contribution in [2.75, 3.05) is 23.9 Å². The molecule has 0 saturated carbocycles. The minimum Gasteiger partial charge on any atom is -0.380 e. The number of nitrogens with one attached hydrogen (secondary N) is 1. The van der Waals surface area contributed by atoms with Crippen molar-refractivity contribution in [2.45, 2.75) is 50.1 Å². The molecule has 0 bridgehead atoms. The summed E-state index contributed by atoms with van der Waals surface area (Å²) in [5.74, 6) is 0.517. The predicted molar refractivity (Wildman–Crippen MR) is 122 cm³/mol. The van der Waals surface area contributed by atoms with E-state index in [0.29, 0.717) is 30.5 Å². The van der Waals surface area contributed by atoms with Gasteiger partial charge in [-0.25, -0.2) is 0 Å². The van der Waals surface area contributed by atoms with Gasteiger partial charge in [0.25, 0.3) is 0 Å². The Bertz CT molecular complexity index is 1050. The molecule has 1 amide bonds. The highest BCUT2D eigenvalue weighted by molar-refractivity contribution is 7.99. The van der Waals surface area contributed by atoms with E-state index in [1.54, 1.807) is 17.8 Å². The SMILES string of the molecule is CN(C(=O)C1CCSCC1)C(c1ccc(NC2Cc3cccc(C(F)(F)F)c3C2)cn1)C(F)(F)F. The van der Waals surface area contributed by atoms with Crippen molar-refractivity contribution in [2.24, 2.45) is 5.92 Å². The van der Waals surface area contributed by atoms with Gasteiger partial charge in [0.15, 0.2) is 6.04 Å². The summed E-state index contributed by atoms with van der Waals surface area (Å²) in [6.45, 7) is 0. The number of halogens is 6. The normalized spacial score (nSPS) is 19.8. The van der Waals surface area contributed by atoms with Gasteiger partial charge < -0.3 is 10.2 Å². The first-order valence-electron chi connectivity index (χ1n) is 11.3. The number of amides is 1. The third-order valence-corrected chi connectivity index (χ3v) is 7.60. The van der Waals surface area contributed by atoms with E-state index in [9.17, 15) is 31.1 Å². The Balaban J connectivity index is 1.47. The summed E-state index contributed by atoms with van der Waals surface area (Å²) < 4.78 is 81.8. The number of fused-ring (bicyclic) bond motifs is 1. The van der Waals surface area contributed by atoms with Gasteiger partial charge in [0.05, 0.1) is 23.1 Å². The average molecular weight is 518 g/mol. The maximum atomic E-state index is 14.0. The summed E-state index contributed by atoms with van der Waals surface area (Å²) in [4.78, 5) is 17.5. The minimum absolute atomic E-state index is 0.148. The highest BCUT2D eigenvalue weighted by Crippen LogP contribution is 2.39. The molecule has 11 heteroatoms. The van der Waals surface area contributed by atoms with Crippen LogP contribution < -0.4 is 5.32 Å². The first-order valence-corrected chi connectivity index (χ1v) is 12.4. The highest BCUT2D eigenvalue weighted by atomic mass is 32.2. The maximum absolute atomic E-state index is 14.0. The maximum Gasteiger partial charge on any atom is 0.416 e. The quantitative estimate of drug-likeness (QED) is 0.503. The van der Waals surface area contributed by atoms with Gasteiger partial charge in [-0.15, -0.1) is 0 Å². The van der Waals surface area contributed by atoms with Crippen LogP contribution in [0.1, 0.15) is 41.3 Å². The molecule has 2 unspecified atom stereocenters. The summed E-state index contributed by atoms with van der Waals surface area (Å²) in [5, 5.41) is 3.08. The van der Waals surface area contributed by atoms with Crippen LogP contribution in [0.5, 0.6) is 0 Å². The molecule has 2 atom stereocenters. The molecular formula is C24H25F6N3OS. The van der Waals surface area contributed by atoms with Crippen LogP contribution in [-0.4, -0.2) is 46.6 Å². The van der Waals surface area contributed by atoms with E-state index in [0.717, 1.165) is 29.5 Å². The highest BCUT2D eigenvalue weighted by Gasteiger charge is 2.47. The van der Waals surface area contributed by atoms with E-state index >= 15 is 0 Å². The number of anilines is 1. The molecule has 1 aromatic heterocycles.